The molecule has 0 heterocycles. The predicted octanol–water partition coefficient (Wildman–Crippen LogP) is 3.77. The second-order valence-corrected chi connectivity index (χ2v) is 4.78. The van der Waals surface area contributed by atoms with Gasteiger partial charge in [0.25, 0.3) is 0 Å². The highest BCUT2D eigenvalue weighted by molar-refractivity contribution is 8.93. The summed E-state index contributed by atoms with van der Waals surface area (Å²) in [5.74, 6) is 0. The van der Waals surface area contributed by atoms with Crippen LogP contribution in [0.25, 0.3) is 0 Å². The first-order valence-corrected chi connectivity index (χ1v) is 6.31. The molecular formula is C11H15Br2F3N4S2. The van der Waals surface area contributed by atoms with Gasteiger partial charge in [-0.1, -0.05) is 6.07 Å². The minimum Gasteiger partial charge on any atom is -0.361 e. The van der Waals surface area contributed by atoms with E-state index in [2.05, 4.69) is 35.9 Å². The smallest absolute Gasteiger partial charge is 0.361 e. The van der Waals surface area contributed by atoms with Crippen LogP contribution in [0.15, 0.2) is 18.2 Å². The van der Waals surface area contributed by atoms with Crippen molar-refractivity contribution < 1.29 is 13.2 Å². The Balaban J connectivity index is 0. The summed E-state index contributed by atoms with van der Waals surface area (Å²) in [4.78, 5) is 0. The van der Waals surface area contributed by atoms with Crippen molar-refractivity contribution in [1.29, 1.82) is 10.8 Å². The number of nitrogens with one attached hydrogen (secondary N) is 4. The minimum atomic E-state index is -4.43. The fourth-order valence-electron chi connectivity index (χ4n) is 1.50. The lowest BCUT2D eigenvalue weighted by molar-refractivity contribution is -0.137. The van der Waals surface area contributed by atoms with Gasteiger partial charge in [-0.15, -0.1) is 59.2 Å². The molecule has 1 aromatic carbocycles. The van der Waals surface area contributed by atoms with Crippen LogP contribution in [-0.4, -0.2) is 10.3 Å². The van der Waals surface area contributed by atoms with Crippen molar-refractivity contribution in [2.75, 3.05) is 0 Å². The number of benzene rings is 1. The van der Waals surface area contributed by atoms with Gasteiger partial charge in [0.15, 0.2) is 10.3 Å². The molecule has 4 nitrogen and oxygen atoms in total. The molecule has 4 N–H and O–H groups in total. The molecule has 0 radical (unpaired) electrons. The fraction of sp³-hybridized carbons (Fsp3) is 0.273. The van der Waals surface area contributed by atoms with Crippen molar-refractivity contribution in [2.45, 2.75) is 19.3 Å². The number of rotatable bonds is 4. The van der Waals surface area contributed by atoms with Gasteiger partial charge in [0, 0.05) is 13.1 Å². The van der Waals surface area contributed by atoms with E-state index < -0.39 is 11.7 Å². The van der Waals surface area contributed by atoms with Crippen LogP contribution in [0.2, 0.25) is 0 Å². The third-order valence-electron chi connectivity index (χ3n) is 2.43. The number of thiol groups is 2. The Morgan fingerprint density at radius 3 is 1.82 bits per heavy atom. The normalized spacial score (nSPS) is 10.0. The maximum atomic E-state index is 12.7. The molecule has 0 saturated carbocycles. The zero-order chi connectivity index (χ0) is 15.3. The second-order valence-electron chi connectivity index (χ2n) is 3.89. The molecule has 0 spiro atoms. The molecule has 126 valence electrons. The summed E-state index contributed by atoms with van der Waals surface area (Å²) in [5, 5.41) is 19.2. The van der Waals surface area contributed by atoms with Gasteiger partial charge in [-0.25, -0.2) is 0 Å². The van der Waals surface area contributed by atoms with Gasteiger partial charge in [-0.05, 0) is 23.3 Å². The van der Waals surface area contributed by atoms with Gasteiger partial charge in [-0.2, -0.15) is 13.2 Å². The summed E-state index contributed by atoms with van der Waals surface area (Å²) in [7, 11) is 0. The Bertz CT molecular complexity index is 527. The zero-order valence-corrected chi connectivity index (χ0v) is 16.2. The summed E-state index contributed by atoms with van der Waals surface area (Å²) in [6.07, 6.45) is -4.43. The number of halogens is 5. The largest absolute Gasteiger partial charge is 0.416 e. The first-order valence-electron chi connectivity index (χ1n) is 5.42. The molecule has 0 amide bonds. The molecule has 0 atom stereocenters. The Morgan fingerprint density at radius 2 is 1.41 bits per heavy atom. The lowest BCUT2D eigenvalue weighted by Crippen LogP contribution is -2.22. The molecule has 1 rings (SSSR count). The van der Waals surface area contributed by atoms with Gasteiger partial charge >= 0.3 is 6.18 Å². The third kappa shape index (κ3) is 8.30. The Kier molecular flexibility index (Phi) is 11.3. The highest BCUT2D eigenvalue weighted by Gasteiger charge is 2.30. The molecule has 0 fully saturated rings. The third-order valence-corrected chi connectivity index (χ3v) is 2.74. The quantitative estimate of drug-likeness (QED) is 0.224. The van der Waals surface area contributed by atoms with Crippen LogP contribution in [0.3, 0.4) is 0 Å². The van der Waals surface area contributed by atoms with Crippen molar-refractivity contribution >= 4 is 69.6 Å². The van der Waals surface area contributed by atoms with E-state index in [0.717, 1.165) is 12.1 Å². The summed E-state index contributed by atoms with van der Waals surface area (Å²) in [6.45, 7) is 0.223. The Hall–Kier alpha value is -0.390. The van der Waals surface area contributed by atoms with Crippen LogP contribution in [0.1, 0.15) is 16.7 Å². The van der Waals surface area contributed by atoms with E-state index in [1.54, 1.807) is 0 Å². The summed E-state index contributed by atoms with van der Waals surface area (Å²) in [6, 6.07) is 3.34. The molecule has 0 aliphatic carbocycles. The molecule has 11 heteroatoms. The highest BCUT2D eigenvalue weighted by Crippen LogP contribution is 2.30. The maximum absolute atomic E-state index is 12.7. The van der Waals surface area contributed by atoms with Crippen LogP contribution in [-0.2, 0) is 19.3 Å². The monoisotopic (exact) mass is 482 g/mol. The van der Waals surface area contributed by atoms with Crippen LogP contribution in [0.5, 0.6) is 0 Å². The van der Waals surface area contributed by atoms with Crippen LogP contribution in [0.4, 0.5) is 13.2 Å². The number of hydrogen-bond donors (Lipinski definition) is 6. The molecule has 1 aromatic rings. The zero-order valence-electron chi connectivity index (χ0n) is 11.0. The molecule has 0 aliphatic heterocycles. The Morgan fingerprint density at radius 1 is 0.955 bits per heavy atom. The average Bonchev–Trinajstić information content (AvgIpc) is 2.32. The van der Waals surface area contributed by atoms with Crippen molar-refractivity contribution in [3.05, 3.63) is 34.9 Å². The lowest BCUT2D eigenvalue weighted by atomic mass is 10.0. The highest BCUT2D eigenvalue weighted by atomic mass is 79.9. The summed E-state index contributed by atoms with van der Waals surface area (Å²) < 4.78 is 38.0. The van der Waals surface area contributed by atoms with Crippen molar-refractivity contribution in [1.82, 2.24) is 10.6 Å². The summed E-state index contributed by atoms with van der Waals surface area (Å²) >= 11 is 7.46. The molecule has 0 unspecified atom stereocenters. The molecule has 22 heavy (non-hydrogen) atoms. The van der Waals surface area contributed by atoms with Crippen molar-refractivity contribution in [3.8, 4) is 0 Å². The number of alkyl halides is 3. The van der Waals surface area contributed by atoms with Gasteiger partial charge in [0.2, 0.25) is 0 Å². The first-order chi connectivity index (χ1) is 9.20. The van der Waals surface area contributed by atoms with Crippen molar-refractivity contribution in [2.24, 2.45) is 0 Å². The average molecular weight is 484 g/mol. The molecule has 0 saturated heterocycles. The van der Waals surface area contributed by atoms with Crippen LogP contribution < -0.4 is 10.6 Å². The fourth-order valence-corrected chi connectivity index (χ4v) is 1.66. The topological polar surface area (TPSA) is 71.8 Å². The van der Waals surface area contributed by atoms with E-state index in [-0.39, 0.29) is 57.4 Å². The first kappa shape index (κ1) is 23.9. The number of hydrogen-bond acceptors (Lipinski definition) is 2. The Labute approximate surface area is 158 Å². The van der Waals surface area contributed by atoms with Gasteiger partial charge < -0.3 is 10.6 Å². The SMILES string of the molecule is Br.Br.N=C(S)NCc1ccc(C(F)(F)F)cc1CNC(=N)S. The molecule has 0 aromatic heterocycles. The minimum absolute atomic E-state index is 0. The van der Waals surface area contributed by atoms with E-state index in [0.29, 0.717) is 11.1 Å². The second kappa shape index (κ2) is 10.4. The van der Waals surface area contributed by atoms with E-state index >= 15 is 0 Å². The predicted molar refractivity (Wildman–Crippen MR) is 99.2 cm³/mol. The maximum Gasteiger partial charge on any atom is 0.416 e. The molecule has 0 aliphatic rings. The lowest BCUT2D eigenvalue weighted by Gasteiger charge is -2.14. The standard InChI is InChI=1S/C11H13F3N4S2.2BrH/c12-11(13,14)8-2-1-6(4-17-9(15)19)7(3-8)5-18-10(16)20;;/h1-3H,4-5H2,(H3,15,17,19)(H3,16,18,20);2*1H. The van der Waals surface area contributed by atoms with E-state index in [1.165, 1.54) is 6.07 Å². The van der Waals surface area contributed by atoms with E-state index in [9.17, 15) is 13.2 Å². The van der Waals surface area contributed by atoms with Gasteiger partial charge in [0.05, 0.1) is 5.56 Å². The number of amidine groups is 2. The molecular weight excluding hydrogens is 469 g/mol. The van der Waals surface area contributed by atoms with Crippen molar-refractivity contribution in [3.63, 3.8) is 0 Å². The van der Waals surface area contributed by atoms with Gasteiger partial charge in [0.1, 0.15) is 0 Å². The molecule has 0 bridgehead atoms. The van der Waals surface area contributed by atoms with Gasteiger partial charge in [-0.3, -0.25) is 10.8 Å². The van der Waals surface area contributed by atoms with Crippen LogP contribution in [0, 0.1) is 10.8 Å². The van der Waals surface area contributed by atoms with Crippen LogP contribution >= 0.6 is 59.2 Å². The summed E-state index contributed by atoms with van der Waals surface area (Å²) in [5.41, 5.74) is 0.198. The van der Waals surface area contributed by atoms with E-state index in [4.69, 9.17) is 10.8 Å². The van der Waals surface area contributed by atoms with E-state index in [1.807, 2.05) is 0 Å².